The molecule has 1 aliphatic rings. The Balaban J connectivity index is 1.84. The van der Waals surface area contributed by atoms with Gasteiger partial charge in [0.1, 0.15) is 11.6 Å². The first kappa shape index (κ1) is 15.9. The highest BCUT2D eigenvalue weighted by Gasteiger charge is 2.21. The monoisotopic (exact) mass is 311 g/mol. The third-order valence-electron chi connectivity index (χ3n) is 4.62. The Morgan fingerprint density at radius 1 is 1.13 bits per heavy atom. The van der Waals surface area contributed by atoms with Crippen molar-refractivity contribution in [3.63, 3.8) is 0 Å². The number of ether oxygens (including phenoxy) is 1. The van der Waals surface area contributed by atoms with Gasteiger partial charge in [-0.2, -0.15) is 0 Å². The van der Waals surface area contributed by atoms with E-state index in [4.69, 9.17) is 14.7 Å². The summed E-state index contributed by atoms with van der Waals surface area (Å²) in [5.74, 6) is 2.37. The first-order valence-corrected chi connectivity index (χ1v) is 8.35. The van der Waals surface area contributed by atoms with E-state index >= 15 is 0 Å². The summed E-state index contributed by atoms with van der Waals surface area (Å²) in [4.78, 5) is 9.58. The molecule has 0 amide bonds. The van der Waals surface area contributed by atoms with Gasteiger partial charge in [0.25, 0.3) is 0 Å². The summed E-state index contributed by atoms with van der Waals surface area (Å²) >= 11 is 0. The number of piperidine rings is 1. The lowest BCUT2D eigenvalue weighted by molar-refractivity contribution is 0.414. The standard InChI is InChI=1S/C19H25N3O/c1-13-19(16-7-9-20-10-8-16)14(2)22-18(21-13)12-15-5-4-6-17(11-15)23-3/h4-6,11,16,20H,7-10,12H2,1-3H3. The van der Waals surface area contributed by atoms with E-state index in [1.807, 2.05) is 12.1 Å². The molecule has 2 aromatic rings. The van der Waals surface area contributed by atoms with Crippen LogP contribution in [0.2, 0.25) is 0 Å². The van der Waals surface area contributed by atoms with Gasteiger partial charge >= 0.3 is 0 Å². The van der Waals surface area contributed by atoms with Crippen LogP contribution in [-0.2, 0) is 6.42 Å². The second-order valence-corrected chi connectivity index (χ2v) is 6.28. The van der Waals surface area contributed by atoms with Crippen LogP contribution in [0.25, 0.3) is 0 Å². The van der Waals surface area contributed by atoms with Crippen molar-refractivity contribution < 1.29 is 4.74 Å². The maximum Gasteiger partial charge on any atom is 0.133 e. The van der Waals surface area contributed by atoms with E-state index in [0.717, 1.165) is 42.5 Å². The molecule has 4 nitrogen and oxygen atoms in total. The van der Waals surface area contributed by atoms with Crippen molar-refractivity contribution >= 4 is 0 Å². The van der Waals surface area contributed by atoms with Crippen molar-refractivity contribution in [3.8, 4) is 5.75 Å². The van der Waals surface area contributed by atoms with Gasteiger partial charge in [-0.15, -0.1) is 0 Å². The Morgan fingerprint density at radius 3 is 2.48 bits per heavy atom. The molecule has 1 saturated heterocycles. The lowest BCUT2D eigenvalue weighted by atomic mass is 9.88. The molecule has 0 bridgehead atoms. The van der Waals surface area contributed by atoms with Crippen molar-refractivity contribution in [2.24, 2.45) is 0 Å². The predicted molar refractivity (Wildman–Crippen MR) is 92.2 cm³/mol. The fourth-order valence-electron chi connectivity index (χ4n) is 3.54. The van der Waals surface area contributed by atoms with Gasteiger partial charge < -0.3 is 10.1 Å². The van der Waals surface area contributed by atoms with Gasteiger partial charge in [0.2, 0.25) is 0 Å². The van der Waals surface area contributed by atoms with Crippen LogP contribution in [0.5, 0.6) is 5.75 Å². The van der Waals surface area contributed by atoms with Crippen LogP contribution in [0.3, 0.4) is 0 Å². The molecular weight excluding hydrogens is 286 g/mol. The third-order valence-corrected chi connectivity index (χ3v) is 4.62. The number of hydrogen-bond donors (Lipinski definition) is 1. The summed E-state index contributed by atoms with van der Waals surface area (Å²) in [6.07, 6.45) is 3.10. The topological polar surface area (TPSA) is 47.0 Å². The zero-order chi connectivity index (χ0) is 16.2. The van der Waals surface area contributed by atoms with Crippen LogP contribution < -0.4 is 10.1 Å². The molecule has 1 aromatic heterocycles. The number of nitrogens with zero attached hydrogens (tertiary/aromatic N) is 2. The highest BCUT2D eigenvalue weighted by molar-refractivity contribution is 5.33. The van der Waals surface area contributed by atoms with Crippen molar-refractivity contribution in [3.05, 3.63) is 52.6 Å². The molecule has 1 aliphatic heterocycles. The van der Waals surface area contributed by atoms with E-state index < -0.39 is 0 Å². The number of methoxy groups -OCH3 is 1. The number of nitrogens with one attached hydrogen (secondary N) is 1. The molecule has 3 rings (SSSR count). The molecule has 2 heterocycles. The summed E-state index contributed by atoms with van der Waals surface area (Å²) in [5.41, 5.74) is 4.82. The van der Waals surface area contributed by atoms with E-state index in [2.05, 4.69) is 31.3 Å². The number of hydrogen-bond acceptors (Lipinski definition) is 4. The van der Waals surface area contributed by atoms with Gasteiger partial charge in [0.05, 0.1) is 7.11 Å². The lowest BCUT2D eigenvalue weighted by Gasteiger charge is -2.25. The summed E-state index contributed by atoms with van der Waals surface area (Å²) < 4.78 is 5.29. The number of benzene rings is 1. The number of aryl methyl sites for hydroxylation is 2. The fourth-order valence-corrected chi connectivity index (χ4v) is 3.54. The molecule has 0 aliphatic carbocycles. The van der Waals surface area contributed by atoms with E-state index in [9.17, 15) is 0 Å². The lowest BCUT2D eigenvalue weighted by Crippen LogP contribution is -2.27. The molecule has 23 heavy (non-hydrogen) atoms. The van der Waals surface area contributed by atoms with E-state index in [1.54, 1.807) is 7.11 Å². The Bertz CT molecular complexity index is 655. The van der Waals surface area contributed by atoms with Crippen LogP contribution in [-0.4, -0.2) is 30.2 Å². The molecule has 0 spiro atoms. The second kappa shape index (κ2) is 7.09. The zero-order valence-corrected chi connectivity index (χ0v) is 14.2. The first-order valence-electron chi connectivity index (χ1n) is 8.35. The smallest absolute Gasteiger partial charge is 0.133 e. The van der Waals surface area contributed by atoms with Crippen LogP contribution in [0, 0.1) is 13.8 Å². The molecule has 4 heteroatoms. The van der Waals surface area contributed by atoms with Crippen molar-refractivity contribution in [2.75, 3.05) is 20.2 Å². The van der Waals surface area contributed by atoms with Crippen LogP contribution >= 0.6 is 0 Å². The molecule has 0 atom stereocenters. The molecule has 0 radical (unpaired) electrons. The third kappa shape index (κ3) is 3.70. The SMILES string of the molecule is COc1cccc(Cc2nc(C)c(C3CCNCC3)c(C)n2)c1. The average Bonchev–Trinajstić information content (AvgIpc) is 2.55. The minimum Gasteiger partial charge on any atom is -0.497 e. The van der Waals surface area contributed by atoms with Gasteiger partial charge in [-0.05, 0) is 69.0 Å². The molecular formula is C19H25N3O. The van der Waals surface area contributed by atoms with Crippen LogP contribution in [0.4, 0.5) is 0 Å². The van der Waals surface area contributed by atoms with Crippen molar-refractivity contribution in [1.29, 1.82) is 0 Å². The quantitative estimate of drug-likeness (QED) is 0.942. The molecule has 0 unspecified atom stereocenters. The van der Waals surface area contributed by atoms with Gasteiger partial charge in [0.15, 0.2) is 0 Å². The molecule has 1 fully saturated rings. The summed E-state index contributed by atoms with van der Waals surface area (Å²) in [6, 6.07) is 8.12. The Morgan fingerprint density at radius 2 is 1.83 bits per heavy atom. The highest BCUT2D eigenvalue weighted by atomic mass is 16.5. The van der Waals surface area contributed by atoms with Crippen molar-refractivity contribution in [2.45, 2.75) is 39.0 Å². The summed E-state index contributed by atoms with van der Waals surface area (Å²) in [5, 5.41) is 3.43. The molecule has 0 saturated carbocycles. The minimum atomic E-state index is 0.599. The van der Waals surface area contributed by atoms with Gasteiger partial charge in [-0.1, -0.05) is 12.1 Å². The fraction of sp³-hybridized carbons (Fsp3) is 0.474. The average molecular weight is 311 g/mol. The zero-order valence-electron chi connectivity index (χ0n) is 14.2. The minimum absolute atomic E-state index is 0.599. The molecule has 122 valence electrons. The van der Waals surface area contributed by atoms with E-state index in [-0.39, 0.29) is 0 Å². The van der Waals surface area contributed by atoms with Gasteiger partial charge in [0, 0.05) is 17.8 Å². The van der Waals surface area contributed by atoms with E-state index in [1.165, 1.54) is 24.0 Å². The van der Waals surface area contributed by atoms with Crippen LogP contribution in [0.15, 0.2) is 24.3 Å². The molecule has 1 aromatic carbocycles. The maximum absolute atomic E-state index is 5.29. The number of rotatable bonds is 4. The van der Waals surface area contributed by atoms with Gasteiger partial charge in [-0.25, -0.2) is 9.97 Å². The predicted octanol–water partition coefficient (Wildman–Crippen LogP) is 3.16. The van der Waals surface area contributed by atoms with E-state index in [0.29, 0.717) is 5.92 Å². The normalized spacial score (nSPS) is 15.6. The Labute approximate surface area is 138 Å². The van der Waals surface area contributed by atoms with Crippen molar-refractivity contribution in [1.82, 2.24) is 15.3 Å². The summed E-state index contributed by atoms with van der Waals surface area (Å²) in [6.45, 7) is 6.44. The van der Waals surface area contributed by atoms with Gasteiger partial charge in [-0.3, -0.25) is 0 Å². The summed E-state index contributed by atoms with van der Waals surface area (Å²) in [7, 11) is 1.69. The maximum atomic E-state index is 5.29. The Kier molecular flexibility index (Phi) is 4.91. The highest BCUT2D eigenvalue weighted by Crippen LogP contribution is 2.29. The largest absolute Gasteiger partial charge is 0.497 e. The van der Waals surface area contributed by atoms with Crippen LogP contribution in [0.1, 0.15) is 47.1 Å². The Hall–Kier alpha value is -1.94. The number of aromatic nitrogens is 2. The molecule has 1 N–H and O–H groups in total. The second-order valence-electron chi connectivity index (χ2n) is 6.28. The first-order chi connectivity index (χ1) is 11.2.